The van der Waals surface area contributed by atoms with Crippen molar-refractivity contribution in [2.24, 2.45) is 27.2 Å². The number of guanidine groups is 2. The molecule has 0 heterocycles. The minimum Gasteiger partial charge on any atom is -0.370 e. The molecule has 0 bridgehead atoms. The Labute approximate surface area is 101 Å². The van der Waals surface area contributed by atoms with Gasteiger partial charge in [-0.05, 0) is 18.1 Å². The van der Waals surface area contributed by atoms with Gasteiger partial charge in [0.15, 0.2) is 5.96 Å². The van der Waals surface area contributed by atoms with Crippen molar-refractivity contribution in [2.75, 3.05) is 0 Å². The zero-order valence-corrected chi connectivity index (χ0v) is 9.87. The number of hydrogen-bond acceptors (Lipinski definition) is 1. The third kappa shape index (κ3) is 4.18. The molecule has 6 N–H and O–H groups in total. The van der Waals surface area contributed by atoms with E-state index in [9.17, 15) is 0 Å². The van der Waals surface area contributed by atoms with Crippen molar-refractivity contribution >= 4 is 30.0 Å². The SMILES string of the molecule is CCc1ccccc1N=C(N)N=C(N)N.Cl. The number of para-hydroxylation sites is 1. The van der Waals surface area contributed by atoms with E-state index < -0.39 is 0 Å². The van der Waals surface area contributed by atoms with Crippen molar-refractivity contribution in [3.63, 3.8) is 0 Å². The summed E-state index contributed by atoms with van der Waals surface area (Å²) < 4.78 is 0. The fraction of sp³-hybridized carbons (Fsp3) is 0.200. The monoisotopic (exact) mass is 241 g/mol. The van der Waals surface area contributed by atoms with Gasteiger partial charge in [-0.1, -0.05) is 25.1 Å². The van der Waals surface area contributed by atoms with Crippen molar-refractivity contribution in [3.8, 4) is 0 Å². The highest BCUT2D eigenvalue weighted by Gasteiger charge is 1.98. The number of nitrogens with zero attached hydrogens (tertiary/aromatic N) is 2. The number of hydrogen-bond donors (Lipinski definition) is 3. The van der Waals surface area contributed by atoms with E-state index in [-0.39, 0.29) is 24.3 Å². The Morgan fingerprint density at radius 1 is 1.19 bits per heavy atom. The maximum atomic E-state index is 5.53. The fourth-order valence-electron chi connectivity index (χ4n) is 1.20. The molecule has 88 valence electrons. The summed E-state index contributed by atoms with van der Waals surface area (Å²) in [5.74, 6) is -0.0267. The van der Waals surface area contributed by atoms with E-state index in [0.717, 1.165) is 17.7 Å². The Bertz CT molecular complexity index is 396. The maximum absolute atomic E-state index is 5.53. The molecule has 0 saturated carbocycles. The Balaban J connectivity index is 0.00000225. The van der Waals surface area contributed by atoms with E-state index in [1.54, 1.807) is 0 Å². The Hall–Kier alpha value is -1.75. The van der Waals surface area contributed by atoms with E-state index in [4.69, 9.17) is 17.2 Å². The fourth-order valence-corrected chi connectivity index (χ4v) is 1.20. The molecule has 6 heteroatoms. The van der Waals surface area contributed by atoms with Crippen LogP contribution < -0.4 is 17.2 Å². The molecule has 0 aliphatic carbocycles. The predicted molar refractivity (Wildman–Crippen MR) is 70.2 cm³/mol. The summed E-state index contributed by atoms with van der Waals surface area (Å²) in [5.41, 5.74) is 17.8. The van der Waals surface area contributed by atoms with E-state index in [1.807, 2.05) is 31.2 Å². The van der Waals surface area contributed by atoms with Gasteiger partial charge in [-0.2, -0.15) is 4.99 Å². The molecule has 0 radical (unpaired) electrons. The molecular formula is C10H16ClN5. The molecule has 5 nitrogen and oxygen atoms in total. The first kappa shape index (κ1) is 14.2. The smallest absolute Gasteiger partial charge is 0.223 e. The van der Waals surface area contributed by atoms with Crippen molar-refractivity contribution in [2.45, 2.75) is 13.3 Å². The number of benzene rings is 1. The van der Waals surface area contributed by atoms with Crippen LogP contribution in [0.25, 0.3) is 0 Å². The zero-order chi connectivity index (χ0) is 11.3. The molecule has 0 spiro atoms. The maximum Gasteiger partial charge on any atom is 0.223 e. The first-order valence-electron chi connectivity index (χ1n) is 4.65. The van der Waals surface area contributed by atoms with Crippen molar-refractivity contribution < 1.29 is 0 Å². The van der Waals surface area contributed by atoms with E-state index >= 15 is 0 Å². The molecule has 0 aliphatic rings. The molecule has 0 saturated heterocycles. The summed E-state index contributed by atoms with van der Waals surface area (Å²) in [4.78, 5) is 7.76. The molecular weight excluding hydrogens is 226 g/mol. The average Bonchev–Trinajstić information content (AvgIpc) is 2.17. The van der Waals surface area contributed by atoms with Crippen LogP contribution in [0.4, 0.5) is 5.69 Å². The average molecular weight is 242 g/mol. The first-order chi connectivity index (χ1) is 7.13. The number of nitrogens with two attached hydrogens (primary N) is 3. The summed E-state index contributed by atoms with van der Waals surface area (Å²) in [7, 11) is 0. The molecule has 0 aliphatic heterocycles. The molecule has 1 aromatic carbocycles. The van der Waals surface area contributed by atoms with Gasteiger partial charge >= 0.3 is 0 Å². The lowest BCUT2D eigenvalue weighted by Crippen LogP contribution is -2.26. The molecule has 1 aromatic rings. The normalized spacial score (nSPS) is 10.4. The number of aliphatic imine (C=N–C) groups is 2. The number of aryl methyl sites for hydroxylation is 1. The summed E-state index contributed by atoms with van der Waals surface area (Å²) in [6.07, 6.45) is 0.884. The minimum absolute atomic E-state index is 0. The largest absolute Gasteiger partial charge is 0.370 e. The molecule has 0 amide bonds. The summed E-state index contributed by atoms with van der Waals surface area (Å²) in [5, 5.41) is 0. The molecule has 16 heavy (non-hydrogen) atoms. The zero-order valence-electron chi connectivity index (χ0n) is 9.05. The molecule has 0 aromatic heterocycles. The van der Waals surface area contributed by atoms with Crippen LogP contribution in [-0.4, -0.2) is 11.9 Å². The second kappa shape index (κ2) is 6.68. The number of halogens is 1. The molecule has 1 rings (SSSR count). The van der Waals surface area contributed by atoms with Gasteiger partial charge in [-0.15, -0.1) is 12.4 Å². The Kier molecular flexibility index (Phi) is 5.95. The second-order valence-electron chi connectivity index (χ2n) is 2.99. The van der Waals surface area contributed by atoms with Gasteiger partial charge in [0.25, 0.3) is 0 Å². The first-order valence-corrected chi connectivity index (χ1v) is 4.65. The van der Waals surface area contributed by atoms with E-state index in [1.165, 1.54) is 0 Å². The van der Waals surface area contributed by atoms with E-state index in [0.29, 0.717) is 0 Å². The summed E-state index contributed by atoms with van der Waals surface area (Å²) in [6, 6.07) is 7.70. The Morgan fingerprint density at radius 2 is 1.81 bits per heavy atom. The number of rotatable bonds is 2. The van der Waals surface area contributed by atoms with Crippen LogP contribution in [0.2, 0.25) is 0 Å². The minimum atomic E-state index is -0.0924. The lowest BCUT2D eigenvalue weighted by molar-refractivity contribution is 1.13. The molecule has 0 fully saturated rings. The highest BCUT2D eigenvalue weighted by atomic mass is 35.5. The van der Waals surface area contributed by atoms with Crippen LogP contribution in [0.3, 0.4) is 0 Å². The van der Waals surface area contributed by atoms with Crippen LogP contribution in [0.5, 0.6) is 0 Å². The second-order valence-corrected chi connectivity index (χ2v) is 2.99. The van der Waals surface area contributed by atoms with Gasteiger partial charge < -0.3 is 17.2 Å². The topological polar surface area (TPSA) is 103 Å². The van der Waals surface area contributed by atoms with Gasteiger partial charge in [0.1, 0.15) is 0 Å². The van der Waals surface area contributed by atoms with Crippen molar-refractivity contribution in [1.82, 2.24) is 0 Å². The molecule has 0 atom stereocenters. The summed E-state index contributed by atoms with van der Waals surface area (Å²) in [6.45, 7) is 2.05. The van der Waals surface area contributed by atoms with Gasteiger partial charge in [0, 0.05) is 0 Å². The van der Waals surface area contributed by atoms with Gasteiger partial charge in [-0.3, -0.25) is 0 Å². The lowest BCUT2D eigenvalue weighted by atomic mass is 10.1. The quantitative estimate of drug-likeness (QED) is 0.529. The van der Waals surface area contributed by atoms with Gasteiger partial charge in [-0.25, -0.2) is 4.99 Å². The van der Waals surface area contributed by atoms with Crippen LogP contribution in [-0.2, 0) is 6.42 Å². The van der Waals surface area contributed by atoms with Crippen LogP contribution in [0.15, 0.2) is 34.3 Å². The van der Waals surface area contributed by atoms with Gasteiger partial charge in [0.2, 0.25) is 5.96 Å². The highest BCUT2D eigenvalue weighted by Crippen LogP contribution is 2.18. The standard InChI is InChI=1S/C10H15N5.ClH/c1-2-7-5-3-4-6-8(7)14-10(13)15-9(11)12;/h3-6H,2H2,1H3,(H6,11,12,13,14,15);1H. The third-order valence-corrected chi connectivity index (χ3v) is 1.85. The lowest BCUT2D eigenvalue weighted by Gasteiger charge is -2.02. The van der Waals surface area contributed by atoms with Crippen LogP contribution in [0.1, 0.15) is 12.5 Å². The van der Waals surface area contributed by atoms with E-state index in [2.05, 4.69) is 9.98 Å². The summed E-state index contributed by atoms with van der Waals surface area (Å²) >= 11 is 0. The van der Waals surface area contributed by atoms with Crippen LogP contribution >= 0.6 is 12.4 Å². The van der Waals surface area contributed by atoms with Crippen molar-refractivity contribution in [3.05, 3.63) is 29.8 Å². The van der Waals surface area contributed by atoms with Crippen molar-refractivity contribution in [1.29, 1.82) is 0 Å². The Morgan fingerprint density at radius 3 is 2.38 bits per heavy atom. The van der Waals surface area contributed by atoms with Crippen LogP contribution in [0, 0.1) is 0 Å². The van der Waals surface area contributed by atoms with Gasteiger partial charge in [0.05, 0.1) is 5.69 Å². The third-order valence-electron chi connectivity index (χ3n) is 1.85. The predicted octanol–water partition coefficient (Wildman–Crippen LogP) is 0.890. The highest BCUT2D eigenvalue weighted by molar-refractivity contribution is 5.93. The molecule has 0 unspecified atom stereocenters.